The first-order valence-corrected chi connectivity index (χ1v) is 4.42. The molecular formula is C9H13N3O2. The molecule has 0 saturated carbocycles. The molecule has 0 spiro atoms. The number of aromatic amines is 1. The molecule has 0 aromatic carbocycles. The van der Waals surface area contributed by atoms with Crippen LogP contribution in [0.3, 0.4) is 0 Å². The summed E-state index contributed by atoms with van der Waals surface area (Å²) in [5, 5.41) is 14.8. The lowest BCUT2D eigenvalue weighted by Gasteiger charge is -2.07. The molecule has 3 N–H and O–H groups in total. The van der Waals surface area contributed by atoms with Gasteiger partial charge in [-0.1, -0.05) is 13.8 Å². The van der Waals surface area contributed by atoms with Crippen LogP contribution in [0.4, 0.5) is 0 Å². The highest BCUT2D eigenvalue weighted by Gasteiger charge is 2.16. The summed E-state index contributed by atoms with van der Waals surface area (Å²) in [5.41, 5.74) is 0.621. The van der Waals surface area contributed by atoms with Crippen LogP contribution in [0.1, 0.15) is 31.7 Å². The monoisotopic (exact) mass is 195 g/mol. The van der Waals surface area contributed by atoms with Crippen LogP contribution in [-0.4, -0.2) is 16.9 Å². The van der Waals surface area contributed by atoms with E-state index in [9.17, 15) is 4.79 Å². The van der Waals surface area contributed by atoms with E-state index >= 15 is 0 Å². The molecule has 5 heteroatoms. The number of oxazole rings is 1. The van der Waals surface area contributed by atoms with E-state index in [1.54, 1.807) is 0 Å². The van der Waals surface area contributed by atoms with Crippen LogP contribution in [0.25, 0.3) is 0 Å². The second-order valence-corrected chi connectivity index (χ2v) is 3.12. The third kappa shape index (κ3) is 1.81. The van der Waals surface area contributed by atoms with Crippen molar-refractivity contribution in [3.63, 3.8) is 0 Å². The van der Waals surface area contributed by atoms with Crippen molar-refractivity contribution in [1.29, 1.82) is 10.8 Å². The maximum Gasteiger partial charge on any atom is 0.417 e. The Morgan fingerprint density at radius 3 is 2.86 bits per heavy atom. The molecule has 0 aliphatic carbocycles. The minimum Gasteiger partial charge on any atom is -0.406 e. The van der Waals surface area contributed by atoms with Gasteiger partial charge in [0.1, 0.15) is 5.69 Å². The molecule has 1 atom stereocenters. The molecule has 0 fully saturated rings. The molecule has 1 heterocycles. The molecule has 0 aliphatic heterocycles. The summed E-state index contributed by atoms with van der Waals surface area (Å²) in [6.07, 6.45) is 1.74. The first-order chi connectivity index (χ1) is 6.60. The SMILES string of the molecule is CCC(C)C(=N)c1[nH]c(=O)oc1C=N. The van der Waals surface area contributed by atoms with Gasteiger partial charge in [-0.05, 0) is 12.3 Å². The van der Waals surface area contributed by atoms with Crippen molar-refractivity contribution in [3.8, 4) is 0 Å². The van der Waals surface area contributed by atoms with Gasteiger partial charge in [0.15, 0.2) is 5.76 Å². The van der Waals surface area contributed by atoms with E-state index < -0.39 is 5.76 Å². The smallest absolute Gasteiger partial charge is 0.406 e. The lowest BCUT2D eigenvalue weighted by Crippen LogP contribution is -2.13. The van der Waals surface area contributed by atoms with Gasteiger partial charge in [0, 0.05) is 0 Å². The van der Waals surface area contributed by atoms with E-state index in [2.05, 4.69) is 9.40 Å². The predicted molar refractivity (Wildman–Crippen MR) is 53.5 cm³/mol. The van der Waals surface area contributed by atoms with Crippen molar-refractivity contribution in [2.75, 3.05) is 0 Å². The highest BCUT2D eigenvalue weighted by atomic mass is 16.4. The summed E-state index contributed by atoms with van der Waals surface area (Å²) in [6.45, 7) is 3.85. The average molecular weight is 195 g/mol. The van der Waals surface area contributed by atoms with Gasteiger partial charge in [-0.25, -0.2) is 4.79 Å². The lowest BCUT2D eigenvalue weighted by atomic mass is 10.00. The van der Waals surface area contributed by atoms with Crippen molar-refractivity contribution in [1.82, 2.24) is 4.98 Å². The Balaban J connectivity index is 3.11. The molecule has 5 nitrogen and oxygen atoms in total. The molecule has 1 aromatic rings. The number of aromatic nitrogens is 1. The maximum absolute atomic E-state index is 10.9. The summed E-state index contributed by atoms with van der Waals surface area (Å²) >= 11 is 0. The van der Waals surface area contributed by atoms with E-state index in [0.717, 1.165) is 12.6 Å². The summed E-state index contributed by atoms with van der Waals surface area (Å²) in [5.74, 6) is -0.450. The summed E-state index contributed by atoms with van der Waals surface area (Å²) < 4.78 is 4.68. The first kappa shape index (κ1) is 10.4. The molecule has 0 aliphatic rings. The fraction of sp³-hybridized carbons (Fsp3) is 0.444. The molecule has 1 aromatic heterocycles. The van der Waals surface area contributed by atoms with Crippen LogP contribution >= 0.6 is 0 Å². The Hall–Kier alpha value is -1.65. The number of nitrogens with one attached hydrogen (secondary N) is 3. The minimum atomic E-state index is -0.619. The highest BCUT2D eigenvalue weighted by molar-refractivity contribution is 6.02. The fourth-order valence-electron chi connectivity index (χ4n) is 1.09. The van der Waals surface area contributed by atoms with Gasteiger partial charge in [0.05, 0.1) is 11.9 Å². The molecule has 14 heavy (non-hydrogen) atoms. The third-order valence-corrected chi connectivity index (χ3v) is 2.18. The highest BCUT2D eigenvalue weighted by Crippen LogP contribution is 2.11. The van der Waals surface area contributed by atoms with Gasteiger partial charge >= 0.3 is 5.76 Å². The fourth-order valence-corrected chi connectivity index (χ4v) is 1.09. The maximum atomic E-state index is 10.9. The Morgan fingerprint density at radius 1 is 1.71 bits per heavy atom. The van der Waals surface area contributed by atoms with E-state index in [0.29, 0.717) is 11.4 Å². The number of H-pyrrole nitrogens is 1. The quantitative estimate of drug-likeness (QED) is 0.633. The molecular weight excluding hydrogens is 182 g/mol. The minimum absolute atomic E-state index is 0.0435. The van der Waals surface area contributed by atoms with Crippen LogP contribution in [0.5, 0.6) is 0 Å². The number of rotatable bonds is 4. The van der Waals surface area contributed by atoms with Crippen LogP contribution in [-0.2, 0) is 0 Å². The van der Waals surface area contributed by atoms with Crippen molar-refractivity contribution in [2.45, 2.75) is 20.3 Å². The van der Waals surface area contributed by atoms with E-state index in [1.807, 2.05) is 13.8 Å². The number of hydrogen-bond donors (Lipinski definition) is 3. The van der Waals surface area contributed by atoms with E-state index in [1.165, 1.54) is 0 Å². The zero-order chi connectivity index (χ0) is 10.7. The van der Waals surface area contributed by atoms with Crippen LogP contribution < -0.4 is 5.76 Å². The van der Waals surface area contributed by atoms with Crippen LogP contribution in [0.15, 0.2) is 9.21 Å². The normalized spacial score (nSPS) is 12.4. The van der Waals surface area contributed by atoms with E-state index in [4.69, 9.17) is 10.8 Å². The molecule has 0 radical (unpaired) electrons. The van der Waals surface area contributed by atoms with Gasteiger partial charge in [0.25, 0.3) is 0 Å². The van der Waals surface area contributed by atoms with Crippen LogP contribution in [0.2, 0.25) is 0 Å². The molecule has 1 unspecified atom stereocenters. The lowest BCUT2D eigenvalue weighted by molar-refractivity contribution is 0.509. The van der Waals surface area contributed by atoms with Gasteiger partial charge in [0.2, 0.25) is 0 Å². The van der Waals surface area contributed by atoms with Gasteiger partial charge in [-0.2, -0.15) is 0 Å². The van der Waals surface area contributed by atoms with Crippen LogP contribution in [0, 0.1) is 16.7 Å². The standard InChI is InChI=1S/C9H13N3O2/c1-3-5(2)7(11)8-6(4-10)14-9(13)12-8/h4-5,10-11H,3H2,1-2H3,(H,12,13). The van der Waals surface area contributed by atoms with Crippen molar-refractivity contribution in [2.24, 2.45) is 5.92 Å². The van der Waals surface area contributed by atoms with E-state index in [-0.39, 0.29) is 11.7 Å². The topological polar surface area (TPSA) is 93.7 Å². The molecule has 0 saturated heterocycles. The molecule has 0 amide bonds. The zero-order valence-corrected chi connectivity index (χ0v) is 8.18. The van der Waals surface area contributed by atoms with Crippen molar-refractivity contribution >= 4 is 11.9 Å². The van der Waals surface area contributed by atoms with Gasteiger partial charge < -0.3 is 15.2 Å². The summed E-state index contributed by atoms with van der Waals surface area (Å²) in [6, 6.07) is 0. The zero-order valence-electron chi connectivity index (χ0n) is 8.18. The Labute approximate surface area is 81.2 Å². The molecule has 76 valence electrons. The predicted octanol–water partition coefficient (Wildman–Crippen LogP) is 1.38. The van der Waals surface area contributed by atoms with Crippen molar-refractivity contribution < 1.29 is 4.42 Å². The Bertz CT molecular complexity index is 402. The second kappa shape index (κ2) is 4.04. The Kier molecular flexibility index (Phi) is 3.01. The van der Waals surface area contributed by atoms with Crippen molar-refractivity contribution in [3.05, 3.63) is 22.0 Å². The van der Waals surface area contributed by atoms with Gasteiger partial charge in [-0.3, -0.25) is 4.98 Å². The third-order valence-electron chi connectivity index (χ3n) is 2.18. The largest absolute Gasteiger partial charge is 0.417 e. The molecule has 1 rings (SSSR count). The van der Waals surface area contributed by atoms with Gasteiger partial charge in [-0.15, -0.1) is 0 Å². The summed E-state index contributed by atoms with van der Waals surface area (Å²) in [7, 11) is 0. The molecule has 0 bridgehead atoms. The number of hydrogen-bond acceptors (Lipinski definition) is 4. The average Bonchev–Trinajstić information content (AvgIpc) is 2.57. The second-order valence-electron chi connectivity index (χ2n) is 3.12. The summed E-state index contributed by atoms with van der Waals surface area (Å²) in [4.78, 5) is 13.3. The first-order valence-electron chi connectivity index (χ1n) is 4.42. The Morgan fingerprint density at radius 2 is 2.36 bits per heavy atom.